The van der Waals surface area contributed by atoms with Crippen LogP contribution in [0.2, 0.25) is 0 Å². The maximum absolute atomic E-state index is 11.9. The van der Waals surface area contributed by atoms with Gasteiger partial charge in [-0.1, -0.05) is 25.1 Å². The van der Waals surface area contributed by atoms with Crippen molar-refractivity contribution in [2.45, 2.75) is 19.9 Å². The second-order valence-electron chi connectivity index (χ2n) is 5.05. The highest BCUT2D eigenvalue weighted by Crippen LogP contribution is 2.03. The number of hydrogen-bond acceptors (Lipinski definition) is 3. The lowest BCUT2D eigenvalue weighted by Crippen LogP contribution is -2.33. The summed E-state index contributed by atoms with van der Waals surface area (Å²) >= 11 is 0. The van der Waals surface area contributed by atoms with E-state index in [9.17, 15) is 14.4 Å². The highest BCUT2D eigenvalue weighted by atomic mass is 16.2. The molecule has 0 aliphatic rings. The molecule has 0 saturated carbocycles. The molecule has 2 amide bonds. The first kappa shape index (κ1) is 16.5. The van der Waals surface area contributed by atoms with Crippen molar-refractivity contribution in [1.29, 1.82) is 0 Å². The van der Waals surface area contributed by atoms with Crippen molar-refractivity contribution in [1.82, 2.24) is 9.88 Å². The third kappa shape index (κ3) is 4.81. The minimum Gasteiger partial charge on any atom is -0.343 e. The molecule has 0 fully saturated rings. The van der Waals surface area contributed by atoms with Crippen LogP contribution in [-0.2, 0) is 11.3 Å². The summed E-state index contributed by atoms with van der Waals surface area (Å²) in [5.74, 6) is -0.660. The molecule has 0 radical (unpaired) electrons. The fraction of sp³-hybridized carbons (Fsp3) is 0.235. The molecule has 0 aliphatic heterocycles. The van der Waals surface area contributed by atoms with Crippen LogP contribution in [0.5, 0.6) is 0 Å². The molecule has 0 bridgehead atoms. The Morgan fingerprint density at radius 1 is 1.09 bits per heavy atom. The van der Waals surface area contributed by atoms with Gasteiger partial charge < -0.3 is 15.2 Å². The lowest BCUT2D eigenvalue weighted by molar-refractivity contribution is -0.115. The molecule has 0 saturated heterocycles. The van der Waals surface area contributed by atoms with Crippen LogP contribution in [0.25, 0.3) is 0 Å². The second-order valence-corrected chi connectivity index (χ2v) is 5.05. The van der Waals surface area contributed by atoms with Crippen LogP contribution >= 0.6 is 0 Å². The largest absolute Gasteiger partial charge is 0.343 e. The van der Waals surface area contributed by atoms with E-state index in [-0.39, 0.29) is 23.9 Å². The third-order valence-electron chi connectivity index (χ3n) is 3.18. The summed E-state index contributed by atoms with van der Waals surface area (Å²) in [5, 5.41) is 5.21. The quantitative estimate of drug-likeness (QED) is 0.850. The molecule has 0 atom stereocenters. The summed E-state index contributed by atoms with van der Waals surface area (Å²) in [5.41, 5.74) is 0.913. The number of nitrogens with one attached hydrogen (secondary N) is 2. The van der Waals surface area contributed by atoms with E-state index in [1.165, 1.54) is 10.6 Å². The van der Waals surface area contributed by atoms with Gasteiger partial charge in [-0.15, -0.1) is 0 Å². The van der Waals surface area contributed by atoms with E-state index in [2.05, 4.69) is 10.6 Å². The second kappa shape index (κ2) is 7.93. The minimum absolute atomic E-state index is 0.109. The lowest BCUT2D eigenvalue weighted by Gasteiger charge is -2.09. The van der Waals surface area contributed by atoms with E-state index >= 15 is 0 Å². The Labute approximate surface area is 134 Å². The van der Waals surface area contributed by atoms with E-state index in [1.807, 2.05) is 13.0 Å². The highest BCUT2D eigenvalue weighted by molar-refractivity contribution is 5.99. The Bertz CT molecular complexity index is 738. The number of anilines is 1. The van der Waals surface area contributed by atoms with Crippen LogP contribution in [0.3, 0.4) is 0 Å². The van der Waals surface area contributed by atoms with E-state index in [0.717, 1.165) is 6.42 Å². The Balaban J connectivity index is 1.91. The van der Waals surface area contributed by atoms with Crippen molar-refractivity contribution in [3.05, 3.63) is 64.6 Å². The Morgan fingerprint density at radius 3 is 2.52 bits per heavy atom. The van der Waals surface area contributed by atoms with E-state index in [4.69, 9.17) is 0 Å². The first-order valence-electron chi connectivity index (χ1n) is 7.43. The van der Waals surface area contributed by atoms with Gasteiger partial charge in [0.05, 0.1) is 12.2 Å². The molecule has 120 valence electrons. The van der Waals surface area contributed by atoms with Crippen molar-refractivity contribution in [3.63, 3.8) is 0 Å². The number of benzene rings is 1. The predicted molar refractivity (Wildman–Crippen MR) is 88.4 cm³/mol. The molecule has 6 nitrogen and oxygen atoms in total. The molecule has 0 unspecified atom stereocenters. The van der Waals surface area contributed by atoms with Gasteiger partial charge in [0.15, 0.2) is 0 Å². The molecule has 1 aromatic heterocycles. The highest BCUT2D eigenvalue weighted by Gasteiger charge is 2.08. The van der Waals surface area contributed by atoms with Gasteiger partial charge in [0.25, 0.3) is 11.5 Å². The molecule has 2 N–H and O–H groups in total. The van der Waals surface area contributed by atoms with Crippen LogP contribution in [-0.4, -0.2) is 22.9 Å². The van der Waals surface area contributed by atoms with Crippen molar-refractivity contribution in [3.8, 4) is 0 Å². The van der Waals surface area contributed by atoms with Gasteiger partial charge in [-0.05, 0) is 24.6 Å². The van der Waals surface area contributed by atoms with Gasteiger partial charge in [-0.25, -0.2) is 0 Å². The number of carbonyl (C=O) groups excluding carboxylic acids is 2. The van der Waals surface area contributed by atoms with Crippen molar-refractivity contribution in [2.24, 2.45) is 0 Å². The number of aromatic nitrogens is 1. The number of amides is 2. The van der Waals surface area contributed by atoms with Crippen molar-refractivity contribution >= 4 is 17.5 Å². The third-order valence-corrected chi connectivity index (χ3v) is 3.18. The molecule has 2 aromatic rings. The number of rotatable bonds is 6. The van der Waals surface area contributed by atoms with Crippen LogP contribution in [0, 0.1) is 0 Å². The van der Waals surface area contributed by atoms with Gasteiger partial charge in [-0.3, -0.25) is 14.4 Å². The fourth-order valence-electron chi connectivity index (χ4n) is 2.08. The van der Waals surface area contributed by atoms with Crippen molar-refractivity contribution < 1.29 is 9.59 Å². The number of nitrogens with zero attached hydrogens (tertiary/aromatic N) is 1. The average molecular weight is 313 g/mol. The van der Waals surface area contributed by atoms with E-state index in [1.54, 1.807) is 36.5 Å². The molecule has 0 spiro atoms. The molecule has 2 rings (SSSR count). The molecule has 1 heterocycles. The van der Waals surface area contributed by atoms with E-state index in [0.29, 0.717) is 17.8 Å². The Hall–Kier alpha value is -2.89. The first-order valence-corrected chi connectivity index (χ1v) is 7.43. The van der Waals surface area contributed by atoms with Gasteiger partial charge in [-0.2, -0.15) is 0 Å². The summed E-state index contributed by atoms with van der Waals surface area (Å²) in [6.45, 7) is 2.42. The standard InChI is InChI=1S/C17H19N3O3/c1-2-10-20-12-14(8-9-16(20)22)19-15(21)11-18-17(23)13-6-4-3-5-7-13/h3-9,12H,2,10-11H2,1H3,(H,18,23)(H,19,21). The minimum atomic E-state index is -0.351. The van der Waals surface area contributed by atoms with Gasteiger partial charge >= 0.3 is 0 Å². The van der Waals surface area contributed by atoms with Crippen LogP contribution in [0.1, 0.15) is 23.7 Å². The van der Waals surface area contributed by atoms with Gasteiger partial charge in [0.1, 0.15) is 0 Å². The smallest absolute Gasteiger partial charge is 0.251 e. The summed E-state index contributed by atoms with van der Waals surface area (Å²) in [7, 11) is 0. The molecule has 0 aliphatic carbocycles. The normalized spacial score (nSPS) is 10.1. The summed E-state index contributed by atoms with van der Waals surface area (Å²) in [6.07, 6.45) is 2.42. The van der Waals surface area contributed by atoms with Gasteiger partial charge in [0.2, 0.25) is 5.91 Å². The van der Waals surface area contributed by atoms with Crippen LogP contribution in [0.15, 0.2) is 53.5 Å². The molecule has 23 heavy (non-hydrogen) atoms. The summed E-state index contributed by atoms with van der Waals surface area (Å²) in [6, 6.07) is 11.6. The molecular formula is C17H19N3O3. The van der Waals surface area contributed by atoms with Gasteiger partial charge in [0, 0.05) is 24.4 Å². The predicted octanol–water partition coefficient (Wildman–Crippen LogP) is 1.63. The summed E-state index contributed by atoms with van der Waals surface area (Å²) < 4.78 is 1.54. The first-order chi connectivity index (χ1) is 11.1. The molecule has 6 heteroatoms. The maximum atomic E-state index is 11.9. The zero-order valence-electron chi connectivity index (χ0n) is 12.9. The number of hydrogen-bond donors (Lipinski definition) is 2. The lowest BCUT2D eigenvalue weighted by atomic mass is 10.2. The maximum Gasteiger partial charge on any atom is 0.251 e. The summed E-state index contributed by atoms with van der Waals surface area (Å²) in [4.78, 5) is 35.4. The fourth-order valence-corrected chi connectivity index (χ4v) is 2.08. The number of carbonyl (C=O) groups is 2. The zero-order chi connectivity index (χ0) is 16.7. The molecular weight excluding hydrogens is 294 g/mol. The Morgan fingerprint density at radius 2 is 1.83 bits per heavy atom. The monoisotopic (exact) mass is 313 g/mol. The molecule has 1 aromatic carbocycles. The van der Waals surface area contributed by atoms with Crippen LogP contribution < -0.4 is 16.2 Å². The Kier molecular flexibility index (Phi) is 5.68. The number of aryl methyl sites for hydroxylation is 1. The SMILES string of the molecule is CCCn1cc(NC(=O)CNC(=O)c2ccccc2)ccc1=O. The topological polar surface area (TPSA) is 80.2 Å². The average Bonchev–Trinajstić information content (AvgIpc) is 2.57. The zero-order valence-corrected chi connectivity index (χ0v) is 12.9. The van der Waals surface area contributed by atoms with Crippen LogP contribution in [0.4, 0.5) is 5.69 Å². The van der Waals surface area contributed by atoms with E-state index < -0.39 is 0 Å². The van der Waals surface area contributed by atoms with Crippen molar-refractivity contribution in [2.75, 3.05) is 11.9 Å². The number of pyridine rings is 1.